The Kier molecular flexibility index (Phi) is 4.93. The van der Waals surface area contributed by atoms with Crippen LogP contribution in [0.15, 0.2) is 24.3 Å². The van der Waals surface area contributed by atoms with Crippen LogP contribution in [0.3, 0.4) is 0 Å². The largest absolute Gasteiger partial charge is 0.326 e. The van der Waals surface area contributed by atoms with Crippen molar-refractivity contribution < 1.29 is 4.79 Å². The summed E-state index contributed by atoms with van der Waals surface area (Å²) in [7, 11) is 4.08. The van der Waals surface area contributed by atoms with Gasteiger partial charge in [0.25, 0.3) is 0 Å². The van der Waals surface area contributed by atoms with E-state index in [-0.39, 0.29) is 5.91 Å². The summed E-state index contributed by atoms with van der Waals surface area (Å²) in [5, 5.41) is 6.33. The van der Waals surface area contributed by atoms with Crippen molar-refractivity contribution in [2.45, 2.75) is 31.8 Å². The lowest BCUT2D eigenvalue weighted by Crippen LogP contribution is -2.27. The Labute approximate surface area is 115 Å². The van der Waals surface area contributed by atoms with Crippen molar-refractivity contribution in [3.63, 3.8) is 0 Å². The van der Waals surface area contributed by atoms with Crippen molar-refractivity contribution in [2.75, 3.05) is 26.0 Å². The van der Waals surface area contributed by atoms with Crippen LogP contribution in [-0.2, 0) is 11.3 Å². The van der Waals surface area contributed by atoms with E-state index < -0.39 is 0 Å². The van der Waals surface area contributed by atoms with E-state index in [9.17, 15) is 4.79 Å². The van der Waals surface area contributed by atoms with Gasteiger partial charge in [-0.3, -0.25) is 4.79 Å². The third kappa shape index (κ3) is 4.65. The lowest BCUT2D eigenvalue weighted by atomic mass is 10.1. The molecule has 0 radical (unpaired) electrons. The molecule has 1 aromatic rings. The maximum absolute atomic E-state index is 11.9. The third-order valence-electron chi connectivity index (χ3n) is 3.30. The van der Waals surface area contributed by atoms with Crippen LogP contribution in [0.4, 0.5) is 5.69 Å². The van der Waals surface area contributed by atoms with Gasteiger partial charge in [-0.25, -0.2) is 0 Å². The highest BCUT2D eigenvalue weighted by atomic mass is 16.1. The summed E-state index contributed by atoms with van der Waals surface area (Å²) in [5.74, 6) is 0.0985. The molecule has 2 rings (SSSR count). The number of benzene rings is 1. The van der Waals surface area contributed by atoms with Crippen LogP contribution in [0.5, 0.6) is 0 Å². The zero-order chi connectivity index (χ0) is 13.7. The van der Waals surface area contributed by atoms with E-state index in [1.54, 1.807) is 0 Å². The van der Waals surface area contributed by atoms with Gasteiger partial charge in [0.15, 0.2) is 0 Å². The first-order chi connectivity index (χ1) is 9.13. The van der Waals surface area contributed by atoms with Gasteiger partial charge in [0.05, 0.1) is 0 Å². The predicted molar refractivity (Wildman–Crippen MR) is 78.1 cm³/mol. The molecule has 1 heterocycles. The maximum atomic E-state index is 11.9. The molecule has 19 heavy (non-hydrogen) atoms. The molecule has 1 fully saturated rings. The smallest absolute Gasteiger partial charge is 0.225 e. The van der Waals surface area contributed by atoms with Crippen molar-refractivity contribution in [1.82, 2.24) is 10.2 Å². The summed E-state index contributed by atoms with van der Waals surface area (Å²) in [4.78, 5) is 14.1. The summed E-state index contributed by atoms with van der Waals surface area (Å²) in [6.07, 6.45) is 2.85. The minimum Gasteiger partial charge on any atom is -0.326 e. The Morgan fingerprint density at radius 3 is 3.00 bits per heavy atom. The normalized spacial score (nSPS) is 18.8. The molecule has 4 nitrogen and oxygen atoms in total. The molecule has 0 aromatic heterocycles. The SMILES string of the molecule is CN(C)Cc1cccc(NC(=O)CC2CCCN2)c1. The fourth-order valence-electron chi connectivity index (χ4n) is 2.48. The van der Waals surface area contributed by atoms with Gasteiger partial charge in [0.2, 0.25) is 5.91 Å². The average Bonchev–Trinajstić information content (AvgIpc) is 2.81. The molecule has 1 atom stereocenters. The number of hydrogen-bond donors (Lipinski definition) is 2. The molecule has 0 aliphatic carbocycles. The highest BCUT2D eigenvalue weighted by molar-refractivity contribution is 5.91. The van der Waals surface area contributed by atoms with Gasteiger partial charge in [-0.05, 0) is 51.2 Å². The topological polar surface area (TPSA) is 44.4 Å². The van der Waals surface area contributed by atoms with Crippen molar-refractivity contribution in [2.24, 2.45) is 0 Å². The highest BCUT2D eigenvalue weighted by Gasteiger charge is 2.17. The van der Waals surface area contributed by atoms with Crippen molar-refractivity contribution in [3.05, 3.63) is 29.8 Å². The quantitative estimate of drug-likeness (QED) is 0.850. The van der Waals surface area contributed by atoms with Gasteiger partial charge >= 0.3 is 0 Å². The lowest BCUT2D eigenvalue weighted by Gasteiger charge is -2.13. The second kappa shape index (κ2) is 6.68. The van der Waals surface area contributed by atoms with E-state index in [0.29, 0.717) is 12.5 Å². The highest BCUT2D eigenvalue weighted by Crippen LogP contribution is 2.14. The molecule has 1 aliphatic heterocycles. The van der Waals surface area contributed by atoms with Crippen LogP contribution in [0.2, 0.25) is 0 Å². The lowest BCUT2D eigenvalue weighted by molar-refractivity contribution is -0.116. The van der Waals surface area contributed by atoms with Gasteiger partial charge in [0.1, 0.15) is 0 Å². The molecule has 1 amide bonds. The zero-order valence-electron chi connectivity index (χ0n) is 11.8. The van der Waals surface area contributed by atoms with E-state index in [4.69, 9.17) is 0 Å². The van der Waals surface area contributed by atoms with Crippen LogP contribution in [0.1, 0.15) is 24.8 Å². The molecular weight excluding hydrogens is 238 g/mol. The molecule has 1 saturated heterocycles. The third-order valence-corrected chi connectivity index (χ3v) is 3.30. The van der Waals surface area contributed by atoms with Gasteiger partial charge in [0, 0.05) is 24.7 Å². The molecule has 0 spiro atoms. The van der Waals surface area contributed by atoms with Crippen LogP contribution in [-0.4, -0.2) is 37.5 Å². The second-order valence-corrected chi connectivity index (χ2v) is 5.48. The Morgan fingerprint density at radius 1 is 1.47 bits per heavy atom. The molecule has 0 bridgehead atoms. The van der Waals surface area contributed by atoms with Gasteiger partial charge < -0.3 is 15.5 Å². The van der Waals surface area contributed by atoms with E-state index in [2.05, 4.69) is 21.6 Å². The number of nitrogens with zero attached hydrogens (tertiary/aromatic N) is 1. The van der Waals surface area contributed by atoms with Gasteiger partial charge in [-0.15, -0.1) is 0 Å². The Balaban J connectivity index is 1.88. The van der Waals surface area contributed by atoms with E-state index in [0.717, 1.165) is 25.2 Å². The van der Waals surface area contributed by atoms with Crippen LogP contribution < -0.4 is 10.6 Å². The molecular formula is C15H23N3O. The van der Waals surface area contributed by atoms with Crippen LogP contribution >= 0.6 is 0 Å². The minimum absolute atomic E-state index is 0.0985. The van der Waals surface area contributed by atoms with E-state index in [1.807, 2.05) is 32.3 Å². The summed E-state index contributed by atoms with van der Waals surface area (Å²) >= 11 is 0. The number of anilines is 1. The van der Waals surface area contributed by atoms with Crippen molar-refractivity contribution in [3.8, 4) is 0 Å². The number of carbonyl (C=O) groups is 1. The number of carbonyl (C=O) groups excluding carboxylic acids is 1. The predicted octanol–water partition coefficient (Wildman–Crippen LogP) is 1.83. The first-order valence-electron chi connectivity index (χ1n) is 6.90. The molecule has 2 N–H and O–H groups in total. The molecule has 4 heteroatoms. The number of nitrogens with one attached hydrogen (secondary N) is 2. The van der Waals surface area contributed by atoms with Crippen molar-refractivity contribution >= 4 is 11.6 Å². The first-order valence-corrected chi connectivity index (χ1v) is 6.90. The Bertz CT molecular complexity index is 425. The fourth-order valence-corrected chi connectivity index (χ4v) is 2.48. The number of amides is 1. The number of rotatable bonds is 5. The van der Waals surface area contributed by atoms with Crippen molar-refractivity contribution in [1.29, 1.82) is 0 Å². The Morgan fingerprint density at radius 2 is 2.32 bits per heavy atom. The summed E-state index contributed by atoms with van der Waals surface area (Å²) in [6, 6.07) is 8.40. The standard InChI is InChI=1S/C15H23N3O/c1-18(2)11-12-5-3-6-14(9-12)17-15(19)10-13-7-4-8-16-13/h3,5-6,9,13,16H,4,7-8,10-11H2,1-2H3,(H,17,19). The van der Waals surface area contributed by atoms with Gasteiger partial charge in [-0.2, -0.15) is 0 Å². The molecule has 1 unspecified atom stereocenters. The molecule has 0 saturated carbocycles. The van der Waals surface area contributed by atoms with Gasteiger partial charge in [-0.1, -0.05) is 12.1 Å². The number of hydrogen-bond acceptors (Lipinski definition) is 3. The Hall–Kier alpha value is -1.39. The van der Waals surface area contributed by atoms with Crippen LogP contribution in [0, 0.1) is 0 Å². The maximum Gasteiger partial charge on any atom is 0.225 e. The van der Waals surface area contributed by atoms with Crippen LogP contribution in [0.25, 0.3) is 0 Å². The summed E-state index contributed by atoms with van der Waals surface area (Å²) in [5.41, 5.74) is 2.10. The summed E-state index contributed by atoms with van der Waals surface area (Å²) < 4.78 is 0. The monoisotopic (exact) mass is 261 g/mol. The average molecular weight is 261 g/mol. The van der Waals surface area contributed by atoms with E-state index >= 15 is 0 Å². The minimum atomic E-state index is 0.0985. The fraction of sp³-hybridized carbons (Fsp3) is 0.533. The zero-order valence-corrected chi connectivity index (χ0v) is 11.8. The first kappa shape index (κ1) is 14.0. The molecule has 104 valence electrons. The molecule has 1 aliphatic rings. The summed E-state index contributed by atoms with van der Waals surface area (Å²) in [6.45, 7) is 1.92. The molecule has 1 aromatic carbocycles. The van der Waals surface area contributed by atoms with E-state index in [1.165, 1.54) is 12.0 Å². The second-order valence-electron chi connectivity index (χ2n) is 5.48.